The van der Waals surface area contributed by atoms with Crippen LogP contribution in [-0.2, 0) is 28.9 Å². The van der Waals surface area contributed by atoms with Gasteiger partial charge in [0.15, 0.2) is 11.5 Å². The molecular formula is C29H41BN2O8. The number of fused-ring (bicyclic) bond motifs is 1. The summed E-state index contributed by atoms with van der Waals surface area (Å²) in [5, 5.41) is 25.4. The summed E-state index contributed by atoms with van der Waals surface area (Å²) in [5.74, 6) is -0.0614. The van der Waals surface area contributed by atoms with E-state index < -0.39 is 30.9 Å². The molecule has 0 heterocycles. The molecular weight excluding hydrogens is 515 g/mol. The maximum Gasteiger partial charge on any atom is 0.475 e. The summed E-state index contributed by atoms with van der Waals surface area (Å²) >= 11 is 0. The summed E-state index contributed by atoms with van der Waals surface area (Å²) in [7, 11) is 4.43. The molecule has 10 nitrogen and oxygen atoms in total. The van der Waals surface area contributed by atoms with Gasteiger partial charge in [-0.15, -0.1) is 0 Å². The highest BCUT2D eigenvalue weighted by molar-refractivity contribution is 6.43. The molecule has 11 heteroatoms. The molecule has 1 unspecified atom stereocenters. The van der Waals surface area contributed by atoms with Crippen LogP contribution in [0.5, 0.6) is 23.0 Å². The Morgan fingerprint density at radius 1 is 0.900 bits per heavy atom. The van der Waals surface area contributed by atoms with E-state index in [-0.39, 0.29) is 18.2 Å². The minimum absolute atomic E-state index is 0.124. The normalized spacial score (nSPS) is 15.9. The van der Waals surface area contributed by atoms with Crippen LogP contribution in [0.15, 0.2) is 30.3 Å². The molecule has 0 saturated carbocycles. The fraction of sp³-hybridized carbons (Fsp3) is 0.517. The molecule has 1 aliphatic carbocycles. The first-order chi connectivity index (χ1) is 19.1. The van der Waals surface area contributed by atoms with E-state index in [1.54, 1.807) is 7.11 Å². The number of carbonyl (C=O) groups is 2. The van der Waals surface area contributed by atoms with Gasteiger partial charge in [0.05, 0.1) is 34.4 Å². The maximum atomic E-state index is 13.6. The molecule has 0 aromatic heterocycles. The lowest BCUT2D eigenvalue weighted by Gasteiger charge is -2.30. The topological polar surface area (TPSA) is 136 Å². The molecule has 0 radical (unpaired) electrons. The van der Waals surface area contributed by atoms with E-state index in [1.165, 1.54) is 21.3 Å². The number of nitrogens with one attached hydrogen (secondary N) is 2. The maximum absolute atomic E-state index is 13.6. The van der Waals surface area contributed by atoms with Gasteiger partial charge in [-0.2, -0.15) is 0 Å². The molecule has 3 rings (SSSR count). The van der Waals surface area contributed by atoms with E-state index in [4.69, 9.17) is 18.9 Å². The standard InChI is InChI=1S/C29H41BN2O8/c1-17(2)14-23(30(35)36)32-29(34)22(15-18-10-8-7-9-11-18)31-28(33)19-12-13-20-21(16-19)25(38-4)27(40-6)26(39-5)24(20)37-3/h7-11,17,19,22-23,35-36H,12-16H2,1-6H3,(H,31,33)(H,32,34)/t19?,22-,23-/m0/s1. The van der Waals surface area contributed by atoms with E-state index in [0.717, 1.165) is 16.7 Å². The second-order valence-electron chi connectivity index (χ2n) is 10.4. The van der Waals surface area contributed by atoms with Crippen LogP contribution >= 0.6 is 0 Å². The molecule has 3 atom stereocenters. The zero-order valence-electron chi connectivity index (χ0n) is 24.2. The van der Waals surface area contributed by atoms with Crippen molar-refractivity contribution in [2.45, 2.75) is 57.9 Å². The van der Waals surface area contributed by atoms with Gasteiger partial charge >= 0.3 is 7.12 Å². The van der Waals surface area contributed by atoms with E-state index in [2.05, 4.69) is 10.6 Å². The first-order valence-electron chi connectivity index (χ1n) is 13.5. The molecule has 2 aromatic carbocycles. The van der Waals surface area contributed by atoms with Crippen LogP contribution in [-0.4, -0.2) is 69.4 Å². The van der Waals surface area contributed by atoms with Crippen molar-refractivity contribution < 1.29 is 38.6 Å². The van der Waals surface area contributed by atoms with Crippen molar-refractivity contribution in [3.8, 4) is 23.0 Å². The first-order valence-corrected chi connectivity index (χ1v) is 13.5. The molecule has 40 heavy (non-hydrogen) atoms. The van der Waals surface area contributed by atoms with Crippen molar-refractivity contribution in [2.24, 2.45) is 11.8 Å². The molecule has 2 aromatic rings. The van der Waals surface area contributed by atoms with Gasteiger partial charge in [0.2, 0.25) is 23.3 Å². The molecule has 0 bridgehead atoms. The number of amides is 2. The van der Waals surface area contributed by atoms with E-state index >= 15 is 0 Å². The average Bonchev–Trinajstić information content (AvgIpc) is 2.94. The highest BCUT2D eigenvalue weighted by Crippen LogP contribution is 2.52. The zero-order valence-corrected chi connectivity index (χ0v) is 24.2. The number of methoxy groups -OCH3 is 4. The lowest BCUT2D eigenvalue weighted by atomic mass is 9.75. The van der Waals surface area contributed by atoms with Gasteiger partial charge in [0.1, 0.15) is 6.04 Å². The second kappa shape index (κ2) is 14.3. The van der Waals surface area contributed by atoms with E-state index in [0.29, 0.717) is 48.7 Å². The molecule has 0 aliphatic heterocycles. The SMILES string of the molecule is COc1c2c(c(OC)c(OC)c1OC)CC(C(=O)N[C@@H](Cc1ccccc1)C(=O)N[C@@H](CC(C)C)B(O)O)CC2. The minimum atomic E-state index is -1.72. The first kappa shape index (κ1) is 31.1. The fourth-order valence-electron chi connectivity index (χ4n) is 5.32. The number of rotatable bonds is 13. The molecule has 0 spiro atoms. The van der Waals surface area contributed by atoms with Gasteiger partial charge in [0, 0.05) is 23.5 Å². The smallest absolute Gasteiger partial charge is 0.475 e. The Hall–Kier alpha value is -3.44. The Kier molecular flexibility index (Phi) is 11.1. The number of carbonyl (C=O) groups excluding carboxylic acids is 2. The van der Waals surface area contributed by atoms with Crippen molar-refractivity contribution in [3.63, 3.8) is 0 Å². The van der Waals surface area contributed by atoms with Gasteiger partial charge in [-0.1, -0.05) is 44.2 Å². The number of hydrogen-bond acceptors (Lipinski definition) is 8. The van der Waals surface area contributed by atoms with E-state index in [9.17, 15) is 19.6 Å². The Balaban J connectivity index is 1.87. The third-order valence-electron chi connectivity index (χ3n) is 7.24. The van der Waals surface area contributed by atoms with Crippen molar-refractivity contribution in [1.29, 1.82) is 0 Å². The minimum Gasteiger partial charge on any atom is -0.492 e. The second-order valence-corrected chi connectivity index (χ2v) is 10.4. The number of benzene rings is 2. The third kappa shape index (κ3) is 7.20. The van der Waals surface area contributed by atoms with Crippen LogP contribution < -0.4 is 29.6 Å². The van der Waals surface area contributed by atoms with Crippen LogP contribution in [0.2, 0.25) is 0 Å². The average molecular weight is 556 g/mol. The van der Waals surface area contributed by atoms with Crippen LogP contribution in [0.25, 0.3) is 0 Å². The lowest BCUT2D eigenvalue weighted by molar-refractivity contribution is -0.131. The van der Waals surface area contributed by atoms with Crippen molar-refractivity contribution >= 4 is 18.9 Å². The lowest BCUT2D eigenvalue weighted by Crippen LogP contribution is -2.55. The van der Waals surface area contributed by atoms with Gasteiger partial charge in [-0.05, 0) is 37.2 Å². The third-order valence-corrected chi connectivity index (χ3v) is 7.24. The van der Waals surface area contributed by atoms with Crippen molar-refractivity contribution in [3.05, 3.63) is 47.0 Å². The summed E-state index contributed by atoms with van der Waals surface area (Å²) in [4.78, 5) is 27.0. The Morgan fingerprint density at radius 3 is 2.00 bits per heavy atom. The summed E-state index contributed by atoms with van der Waals surface area (Å²) in [6.45, 7) is 3.86. The number of ether oxygens (including phenoxy) is 4. The molecule has 4 N–H and O–H groups in total. The summed E-state index contributed by atoms with van der Waals surface area (Å²) in [6.07, 6.45) is 2.04. The van der Waals surface area contributed by atoms with Crippen LogP contribution in [0.1, 0.15) is 43.4 Å². The van der Waals surface area contributed by atoms with Gasteiger partial charge in [0.25, 0.3) is 0 Å². The van der Waals surface area contributed by atoms with Crippen LogP contribution in [0.3, 0.4) is 0 Å². The number of hydrogen-bond donors (Lipinski definition) is 4. The largest absolute Gasteiger partial charge is 0.492 e. The zero-order chi connectivity index (χ0) is 29.4. The predicted molar refractivity (Wildman–Crippen MR) is 152 cm³/mol. The molecule has 218 valence electrons. The molecule has 1 aliphatic rings. The van der Waals surface area contributed by atoms with Crippen LogP contribution in [0, 0.1) is 11.8 Å². The quantitative estimate of drug-likeness (QED) is 0.276. The van der Waals surface area contributed by atoms with Crippen LogP contribution in [0.4, 0.5) is 0 Å². The monoisotopic (exact) mass is 556 g/mol. The highest BCUT2D eigenvalue weighted by Gasteiger charge is 2.36. The summed E-state index contributed by atoms with van der Waals surface area (Å²) < 4.78 is 22.5. The molecule has 0 fully saturated rings. The summed E-state index contributed by atoms with van der Waals surface area (Å²) in [6, 6.07) is 8.46. The van der Waals surface area contributed by atoms with Crippen molar-refractivity contribution in [1.82, 2.24) is 10.6 Å². The molecule has 2 amide bonds. The Bertz CT molecular complexity index is 1130. The predicted octanol–water partition coefficient (Wildman–Crippen LogP) is 2.10. The van der Waals surface area contributed by atoms with Gasteiger partial charge < -0.3 is 39.6 Å². The van der Waals surface area contributed by atoms with Gasteiger partial charge in [-0.25, -0.2) is 0 Å². The van der Waals surface area contributed by atoms with Gasteiger partial charge in [-0.3, -0.25) is 9.59 Å². The van der Waals surface area contributed by atoms with Crippen molar-refractivity contribution in [2.75, 3.05) is 28.4 Å². The highest BCUT2D eigenvalue weighted by atomic mass is 16.5. The fourth-order valence-corrected chi connectivity index (χ4v) is 5.32. The Morgan fingerprint density at radius 2 is 1.48 bits per heavy atom. The molecule has 0 saturated heterocycles. The van der Waals surface area contributed by atoms with E-state index in [1.807, 2.05) is 44.2 Å². The summed E-state index contributed by atoms with van der Waals surface area (Å²) in [5.41, 5.74) is 2.56. The Labute approximate surface area is 236 Å².